The van der Waals surface area contributed by atoms with Crippen LogP contribution in [0.3, 0.4) is 0 Å². The van der Waals surface area contributed by atoms with Crippen molar-refractivity contribution in [3.8, 4) is 11.8 Å². The van der Waals surface area contributed by atoms with Crippen LogP contribution in [0.4, 0.5) is 0 Å². The summed E-state index contributed by atoms with van der Waals surface area (Å²) in [4.78, 5) is 0.921. The van der Waals surface area contributed by atoms with Gasteiger partial charge in [-0.3, -0.25) is 0 Å². The first-order chi connectivity index (χ1) is 10.0. The minimum Gasteiger partial charge on any atom is -0.320 e. The molecule has 5 nitrogen and oxygen atoms in total. The largest absolute Gasteiger partial charge is 0.320 e. The summed E-state index contributed by atoms with van der Waals surface area (Å²) in [6.07, 6.45) is 1.85. The molecule has 116 valence electrons. The van der Waals surface area contributed by atoms with Gasteiger partial charge in [0.15, 0.2) is 0 Å². The molecule has 7 heteroatoms. The average molecular weight is 327 g/mol. The number of hydrogen-bond acceptors (Lipinski definition) is 4. The van der Waals surface area contributed by atoms with Crippen molar-refractivity contribution in [2.75, 3.05) is 19.6 Å². The number of rotatable bonds is 4. The van der Waals surface area contributed by atoms with E-state index in [9.17, 15) is 8.42 Å². The van der Waals surface area contributed by atoms with Gasteiger partial charge in [-0.15, -0.1) is 11.3 Å². The lowest BCUT2D eigenvalue weighted by atomic mass is 10.0. The van der Waals surface area contributed by atoms with Crippen LogP contribution in [0.15, 0.2) is 11.4 Å². The number of piperidine rings is 1. The van der Waals surface area contributed by atoms with Crippen molar-refractivity contribution in [2.24, 2.45) is 11.7 Å². The molecule has 0 saturated carbocycles. The summed E-state index contributed by atoms with van der Waals surface area (Å²) in [7, 11) is -3.40. The Bertz CT molecular complexity index is 620. The highest BCUT2D eigenvalue weighted by molar-refractivity contribution is 7.87. The second kappa shape index (κ2) is 7.38. The highest BCUT2D eigenvalue weighted by Gasteiger charge is 2.26. The minimum atomic E-state index is -3.40. The van der Waals surface area contributed by atoms with Gasteiger partial charge in [0, 0.05) is 30.1 Å². The van der Waals surface area contributed by atoms with E-state index >= 15 is 0 Å². The van der Waals surface area contributed by atoms with Crippen LogP contribution in [0.25, 0.3) is 0 Å². The van der Waals surface area contributed by atoms with Crippen LogP contribution in [0.1, 0.15) is 30.2 Å². The zero-order valence-corrected chi connectivity index (χ0v) is 13.8. The van der Waals surface area contributed by atoms with E-state index in [2.05, 4.69) is 23.5 Å². The standard InChI is InChI=1S/C14H21N3O2S2/c1-12-4-8-17(9-5-12)21(18,19)16-11-14-13(3-2-7-15)6-10-20-14/h6,10,12,16H,4-5,7-9,11,15H2,1H3. The van der Waals surface area contributed by atoms with Crippen molar-refractivity contribution in [1.82, 2.24) is 9.03 Å². The molecule has 2 rings (SSSR count). The predicted molar refractivity (Wildman–Crippen MR) is 86.0 cm³/mol. The van der Waals surface area contributed by atoms with E-state index in [4.69, 9.17) is 5.73 Å². The molecule has 1 fully saturated rings. The molecule has 1 aliphatic rings. The number of thiophene rings is 1. The van der Waals surface area contributed by atoms with E-state index < -0.39 is 10.2 Å². The lowest BCUT2D eigenvalue weighted by Gasteiger charge is -2.29. The zero-order chi connectivity index (χ0) is 15.3. The summed E-state index contributed by atoms with van der Waals surface area (Å²) < 4.78 is 28.8. The number of hydrogen-bond donors (Lipinski definition) is 2. The van der Waals surface area contributed by atoms with E-state index in [1.165, 1.54) is 15.6 Å². The van der Waals surface area contributed by atoms with Gasteiger partial charge in [0.05, 0.1) is 6.54 Å². The van der Waals surface area contributed by atoms with E-state index in [1.54, 1.807) is 0 Å². The van der Waals surface area contributed by atoms with E-state index in [1.807, 2.05) is 11.4 Å². The van der Waals surface area contributed by atoms with Crippen molar-refractivity contribution in [1.29, 1.82) is 0 Å². The molecule has 0 radical (unpaired) electrons. The summed E-state index contributed by atoms with van der Waals surface area (Å²) in [5.74, 6) is 6.36. The molecule has 21 heavy (non-hydrogen) atoms. The molecule has 2 heterocycles. The van der Waals surface area contributed by atoms with Gasteiger partial charge in [-0.2, -0.15) is 17.4 Å². The molecular weight excluding hydrogens is 306 g/mol. The van der Waals surface area contributed by atoms with Gasteiger partial charge < -0.3 is 5.73 Å². The number of nitrogens with one attached hydrogen (secondary N) is 1. The molecule has 3 N–H and O–H groups in total. The monoisotopic (exact) mass is 327 g/mol. The average Bonchev–Trinajstić information content (AvgIpc) is 2.91. The maximum absolute atomic E-state index is 12.3. The first-order valence-corrected chi connectivity index (χ1v) is 9.35. The second-order valence-corrected chi connectivity index (χ2v) is 7.93. The summed E-state index contributed by atoms with van der Waals surface area (Å²) in [6.45, 7) is 3.93. The fourth-order valence-electron chi connectivity index (χ4n) is 2.21. The molecule has 1 aromatic heterocycles. The molecule has 1 aromatic rings. The first kappa shape index (κ1) is 16.5. The Labute approximate surface area is 130 Å². The Kier molecular flexibility index (Phi) is 5.79. The van der Waals surface area contributed by atoms with Crippen molar-refractivity contribution in [3.05, 3.63) is 21.9 Å². The Morgan fingerprint density at radius 2 is 2.19 bits per heavy atom. The molecular formula is C14H21N3O2S2. The lowest BCUT2D eigenvalue weighted by molar-refractivity contribution is 0.285. The number of nitrogens with two attached hydrogens (primary N) is 1. The van der Waals surface area contributed by atoms with Crippen molar-refractivity contribution in [2.45, 2.75) is 26.3 Å². The van der Waals surface area contributed by atoms with Crippen LogP contribution < -0.4 is 10.5 Å². The maximum atomic E-state index is 12.3. The topological polar surface area (TPSA) is 75.4 Å². The molecule has 0 spiro atoms. The molecule has 0 aromatic carbocycles. The zero-order valence-electron chi connectivity index (χ0n) is 12.1. The molecule has 0 atom stereocenters. The van der Waals surface area contributed by atoms with Gasteiger partial charge in [0.1, 0.15) is 0 Å². The third-order valence-electron chi connectivity index (χ3n) is 3.57. The lowest BCUT2D eigenvalue weighted by Crippen LogP contribution is -2.44. The summed E-state index contributed by atoms with van der Waals surface area (Å²) in [6, 6.07) is 1.89. The summed E-state index contributed by atoms with van der Waals surface area (Å²) in [5.41, 5.74) is 6.21. The fraction of sp³-hybridized carbons (Fsp3) is 0.571. The molecule has 0 bridgehead atoms. The van der Waals surface area contributed by atoms with Gasteiger partial charge in [-0.1, -0.05) is 18.8 Å². The van der Waals surface area contributed by atoms with Crippen LogP contribution in [0.5, 0.6) is 0 Å². The number of nitrogens with zero attached hydrogens (tertiary/aromatic N) is 1. The molecule has 0 amide bonds. The molecule has 1 saturated heterocycles. The van der Waals surface area contributed by atoms with Gasteiger partial charge in [-0.05, 0) is 30.2 Å². The predicted octanol–water partition coefficient (Wildman–Crippen LogP) is 1.12. The van der Waals surface area contributed by atoms with Gasteiger partial charge in [0.25, 0.3) is 10.2 Å². The molecule has 0 aliphatic carbocycles. The third-order valence-corrected chi connectivity index (χ3v) is 6.04. The quantitative estimate of drug-likeness (QED) is 0.814. The van der Waals surface area contributed by atoms with Crippen molar-refractivity contribution < 1.29 is 8.42 Å². The highest BCUT2D eigenvalue weighted by Crippen LogP contribution is 2.19. The van der Waals surface area contributed by atoms with Crippen molar-refractivity contribution in [3.63, 3.8) is 0 Å². The van der Waals surface area contributed by atoms with Crippen LogP contribution in [-0.2, 0) is 16.8 Å². The first-order valence-electron chi connectivity index (χ1n) is 7.03. The van der Waals surface area contributed by atoms with E-state index in [-0.39, 0.29) is 6.54 Å². The van der Waals surface area contributed by atoms with Gasteiger partial charge >= 0.3 is 0 Å². The highest BCUT2D eigenvalue weighted by atomic mass is 32.2. The van der Waals surface area contributed by atoms with E-state index in [0.29, 0.717) is 25.6 Å². The fourth-order valence-corrected chi connectivity index (χ4v) is 4.27. The molecule has 0 unspecified atom stereocenters. The van der Waals surface area contributed by atoms with Crippen LogP contribution >= 0.6 is 11.3 Å². The van der Waals surface area contributed by atoms with Gasteiger partial charge in [0.2, 0.25) is 0 Å². The third kappa shape index (κ3) is 4.53. The SMILES string of the molecule is CC1CCN(S(=O)(=O)NCc2sccc2C#CCN)CC1. The van der Waals surface area contributed by atoms with Crippen LogP contribution in [0.2, 0.25) is 0 Å². The normalized spacial score (nSPS) is 17.4. The van der Waals surface area contributed by atoms with Crippen LogP contribution in [0, 0.1) is 17.8 Å². The van der Waals surface area contributed by atoms with Crippen LogP contribution in [-0.4, -0.2) is 32.4 Å². The Morgan fingerprint density at radius 1 is 1.48 bits per heavy atom. The summed E-state index contributed by atoms with van der Waals surface area (Å²) >= 11 is 1.50. The smallest absolute Gasteiger partial charge is 0.279 e. The minimum absolute atomic E-state index is 0.278. The van der Waals surface area contributed by atoms with E-state index in [0.717, 1.165) is 23.3 Å². The Morgan fingerprint density at radius 3 is 2.86 bits per heavy atom. The van der Waals surface area contributed by atoms with Gasteiger partial charge in [-0.25, -0.2) is 0 Å². The van der Waals surface area contributed by atoms with Crippen molar-refractivity contribution >= 4 is 21.5 Å². The second-order valence-electron chi connectivity index (χ2n) is 5.17. The molecule has 1 aliphatic heterocycles. The maximum Gasteiger partial charge on any atom is 0.279 e. The summed E-state index contributed by atoms with van der Waals surface area (Å²) in [5, 5.41) is 1.91. The Hall–Kier alpha value is -0.910. The Balaban J connectivity index is 1.97.